The van der Waals surface area contributed by atoms with Crippen molar-refractivity contribution in [1.29, 1.82) is 0 Å². The molecule has 5 heteroatoms. The maximum Gasteiger partial charge on any atom is 0.335 e. The molecule has 136 valence electrons. The van der Waals surface area contributed by atoms with Crippen molar-refractivity contribution in [1.82, 2.24) is 4.90 Å². The zero-order chi connectivity index (χ0) is 18.5. The van der Waals surface area contributed by atoms with Gasteiger partial charge < -0.3 is 10.4 Å². The Kier molecular flexibility index (Phi) is 5.68. The van der Waals surface area contributed by atoms with Crippen molar-refractivity contribution in [3.8, 4) is 0 Å². The van der Waals surface area contributed by atoms with Gasteiger partial charge in [0.1, 0.15) is 0 Å². The molecule has 5 nitrogen and oxygen atoms in total. The molecule has 0 atom stereocenters. The van der Waals surface area contributed by atoms with Crippen molar-refractivity contribution in [2.45, 2.75) is 26.3 Å². The lowest BCUT2D eigenvalue weighted by Crippen LogP contribution is -2.37. The number of piperidine rings is 1. The van der Waals surface area contributed by atoms with E-state index in [0.29, 0.717) is 5.69 Å². The SMILES string of the molecule is Cc1ccc(C(=O)O)cc1NC(=O)C1CCN(Cc2ccccc2)CC1. The summed E-state index contributed by atoms with van der Waals surface area (Å²) in [5.41, 5.74) is 2.92. The highest BCUT2D eigenvalue weighted by atomic mass is 16.4. The van der Waals surface area contributed by atoms with Gasteiger partial charge in [0.15, 0.2) is 0 Å². The highest BCUT2D eigenvalue weighted by molar-refractivity contribution is 5.95. The van der Waals surface area contributed by atoms with Gasteiger partial charge in [-0.05, 0) is 56.1 Å². The van der Waals surface area contributed by atoms with E-state index in [0.717, 1.165) is 38.0 Å². The molecular weight excluding hydrogens is 328 g/mol. The summed E-state index contributed by atoms with van der Waals surface area (Å²) >= 11 is 0. The Hall–Kier alpha value is -2.66. The van der Waals surface area contributed by atoms with Crippen molar-refractivity contribution in [3.05, 3.63) is 65.2 Å². The van der Waals surface area contributed by atoms with Crippen LogP contribution in [0.15, 0.2) is 48.5 Å². The minimum absolute atomic E-state index is 0.0185. The van der Waals surface area contributed by atoms with Gasteiger partial charge in [-0.25, -0.2) is 4.79 Å². The molecule has 1 heterocycles. The average Bonchev–Trinajstić information content (AvgIpc) is 2.64. The van der Waals surface area contributed by atoms with Gasteiger partial charge in [0.05, 0.1) is 5.56 Å². The van der Waals surface area contributed by atoms with Gasteiger partial charge in [0.2, 0.25) is 5.91 Å². The van der Waals surface area contributed by atoms with Gasteiger partial charge in [0.25, 0.3) is 0 Å². The number of carbonyl (C=O) groups is 2. The Bertz CT molecular complexity index is 781. The fraction of sp³-hybridized carbons (Fsp3) is 0.333. The number of benzene rings is 2. The molecule has 0 spiro atoms. The van der Waals surface area contributed by atoms with E-state index in [-0.39, 0.29) is 17.4 Å². The van der Waals surface area contributed by atoms with Crippen LogP contribution in [0.25, 0.3) is 0 Å². The van der Waals surface area contributed by atoms with Gasteiger partial charge in [0, 0.05) is 18.2 Å². The quantitative estimate of drug-likeness (QED) is 0.863. The van der Waals surface area contributed by atoms with Crippen molar-refractivity contribution in [2.75, 3.05) is 18.4 Å². The molecule has 0 bridgehead atoms. The average molecular weight is 352 g/mol. The number of aromatic carboxylic acids is 1. The van der Waals surface area contributed by atoms with E-state index in [1.807, 2.05) is 25.1 Å². The Balaban J connectivity index is 1.55. The number of carboxylic acid groups (broad SMARTS) is 1. The van der Waals surface area contributed by atoms with Crippen molar-refractivity contribution in [3.63, 3.8) is 0 Å². The number of hydrogen-bond acceptors (Lipinski definition) is 3. The van der Waals surface area contributed by atoms with E-state index >= 15 is 0 Å². The van der Waals surface area contributed by atoms with Crippen LogP contribution < -0.4 is 5.32 Å². The maximum absolute atomic E-state index is 12.6. The zero-order valence-electron chi connectivity index (χ0n) is 14.9. The molecule has 1 aliphatic rings. The van der Waals surface area contributed by atoms with Crippen molar-refractivity contribution in [2.24, 2.45) is 5.92 Å². The summed E-state index contributed by atoms with van der Waals surface area (Å²) < 4.78 is 0. The number of carbonyl (C=O) groups excluding carboxylic acids is 1. The van der Waals surface area contributed by atoms with E-state index in [2.05, 4.69) is 22.3 Å². The second kappa shape index (κ2) is 8.15. The number of nitrogens with one attached hydrogen (secondary N) is 1. The number of carboxylic acids is 1. The first-order chi connectivity index (χ1) is 12.5. The van der Waals surface area contributed by atoms with Gasteiger partial charge in [-0.3, -0.25) is 9.69 Å². The van der Waals surface area contributed by atoms with Crippen LogP contribution in [0.2, 0.25) is 0 Å². The molecule has 0 aromatic heterocycles. The fourth-order valence-electron chi connectivity index (χ4n) is 3.32. The van der Waals surface area contributed by atoms with Gasteiger partial charge in [-0.2, -0.15) is 0 Å². The Morgan fingerprint density at radius 2 is 1.81 bits per heavy atom. The fourth-order valence-corrected chi connectivity index (χ4v) is 3.32. The summed E-state index contributed by atoms with van der Waals surface area (Å²) in [5, 5.41) is 12.0. The first-order valence-electron chi connectivity index (χ1n) is 8.94. The summed E-state index contributed by atoms with van der Waals surface area (Å²) in [6.45, 7) is 4.56. The Morgan fingerprint density at radius 1 is 1.12 bits per heavy atom. The molecule has 1 aliphatic heterocycles. The number of amides is 1. The third-order valence-corrected chi connectivity index (χ3v) is 4.95. The first kappa shape index (κ1) is 18.1. The van der Waals surface area contributed by atoms with Crippen LogP contribution in [0.3, 0.4) is 0 Å². The van der Waals surface area contributed by atoms with E-state index in [4.69, 9.17) is 5.11 Å². The monoisotopic (exact) mass is 352 g/mol. The Labute approximate surface area is 153 Å². The summed E-state index contributed by atoms with van der Waals surface area (Å²) in [5.74, 6) is -1.04. The van der Waals surface area contributed by atoms with Crippen molar-refractivity contribution >= 4 is 17.6 Å². The van der Waals surface area contributed by atoms with Crippen LogP contribution in [0.5, 0.6) is 0 Å². The summed E-state index contributed by atoms with van der Waals surface area (Å²) in [6.07, 6.45) is 1.63. The van der Waals surface area contributed by atoms with E-state index in [1.165, 1.54) is 11.6 Å². The van der Waals surface area contributed by atoms with Gasteiger partial charge >= 0.3 is 5.97 Å². The van der Waals surface area contributed by atoms with E-state index in [9.17, 15) is 9.59 Å². The molecule has 0 saturated carbocycles. The van der Waals surface area contributed by atoms with Crippen LogP contribution in [-0.2, 0) is 11.3 Å². The second-order valence-electron chi connectivity index (χ2n) is 6.86. The normalized spacial score (nSPS) is 15.6. The molecule has 3 rings (SSSR count). The number of anilines is 1. The second-order valence-corrected chi connectivity index (χ2v) is 6.86. The molecule has 1 saturated heterocycles. The molecule has 2 aromatic carbocycles. The summed E-state index contributed by atoms with van der Waals surface area (Å²) in [6, 6.07) is 15.2. The number of likely N-dealkylation sites (tertiary alicyclic amines) is 1. The van der Waals surface area contributed by atoms with Crippen LogP contribution >= 0.6 is 0 Å². The maximum atomic E-state index is 12.6. The largest absolute Gasteiger partial charge is 0.478 e. The molecule has 2 N–H and O–H groups in total. The minimum atomic E-state index is -0.991. The standard InChI is InChI=1S/C21H24N2O3/c1-15-7-8-18(21(25)26)13-19(15)22-20(24)17-9-11-23(12-10-17)14-16-5-3-2-4-6-16/h2-8,13,17H,9-12,14H2,1H3,(H,22,24)(H,25,26). The Morgan fingerprint density at radius 3 is 2.46 bits per heavy atom. The molecule has 0 radical (unpaired) electrons. The molecular formula is C21H24N2O3. The number of rotatable bonds is 5. The zero-order valence-corrected chi connectivity index (χ0v) is 14.9. The first-order valence-corrected chi connectivity index (χ1v) is 8.94. The third-order valence-electron chi connectivity index (χ3n) is 4.95. The molecule has 1 fully saturated rings. The van der Waals surface area contributed by atoms with Crippen LogP contribution in [0.1, 0.15) is 34.3 Å². The number of nitrogens with zero attached hydrogens (tertiary/aromatic N) is 1. The molecule has 1 amide bonds. The summed E-state index contributed by atoms with van der Waals surface area (Å²) in [4.78, 5) is 26.1. The highest BCUT2D eigenvalue weighted by Crippen LogP contribution is 2.23. The highest BCUT2D eigenvalue weighted by Gasteiger charge is 2.25. The molecule has 2 aromatic rings. The topological polar surface area (TPSA) is 69.6 Å². The minimum Gasteiger partial charge on any atom is -0.478 e. The predicted molar refractivity (Wildman–Crippen MR) is 101 cm³/mol. The van der Waals surface area contributed by atoms with E-state index < -0.39 is 5.97 Å². The number of aryl methyl sites for hydroxylation is 1. The van der Waals surface area contributed by atoms with Gasteiger partial charge in [-0.1, -0.05) is 36.4 Å². The third kappa shape index (κ3) is 4.49. The van der Waals surface area contributed by atoms with Crippen LogP contribution in [0.4, 0.5) is 5.69 Å². The lowest BCUT2D eigenvalue weighted by atomic mass is 9.95. The lowest BCUT2D eigenvalue weighted by Gasteiger charge is -2.31. The smallest absolute Gasteiger partial charge is 0.335 e. The molecule has 26 heavy (non-hydrogen) atoms. The predicted octanol–water partition coefficient (Wildman–Crippen LogP) is 3.54. The lowest BCUT2D eigenvalue weighted by molar-refractivity contribution is -0.121. The molecule has 0 aliphatic carbocycles. The van der Waals surface area contributed by atoms with Gasteiger partial charge in [-0.15, -0.1) is 0 Å². The van der Waals surface area contributed by atoms with Crippen molar-refractivity contribution < 1.29 is 14.7 Å². The van der Waals surface area contributed by atoms with Crippen LogP contribution in [-0.4, -0.2) is 35.0 Å². The van der Waals surface area contributed by atoms with Crippen LogP contribution in [0, 0.1) is 12.8 Å². The number of hydrogen-bond donors (Lipinski definition) is 2. The van der Waals surface area contributed by atoms with E-state index in [1.54, 1.807) is 12.1 Å². The molecule has 0 unspecified atom stereocenters. The summed E-state index contributed by atoms with van der Waals surface area (Å²) in [7, 11) is 0.